The molecule has 0 spiro atoms. The minimum Gasteiger partial charge on any atom is -0.496 e. The molecule has 19 heavy (non-hydrogen) atoms. The van der Waals surface area contributed by atoms with Gasteiger partial charge in [0.2, 0.25) is 0 Å². The van der Waals surface area contributed by atoms with Gasteiger partial charge in [0.15, 0.2) is 0 Å². The Morgan fingerprint density at radius 2 is 2.26 bits per heavy atom. The van der Waals surface area contributed by atoms with Crippen molar-refractivity contribution in [3.05, 3.63) is 28.8 Å². The monoisotopic (exact) mass is 304 g/mol. The molecule has 1 amide bonds. The van der Waals surface area contributed by atoms with E-state index < -0.39 is 0 Å². The molecule has 0 aliphatic heterocycles. The number of rotatable bonds is 5. The molecule has 1 unspecified atom stereocenters. The highest BCUT2D eigenvalue weighted by atomic mass is 35.5. The number of hydrogen-bond donors (Lipinski definition) is 2. The van der Waals surface area contributed by atoms with Crippen LogP contribution in [-0.4, -0.2) is 25.6 Å². The second kappa shape index (κ2) is 6.98. The predicted octanol–water partition coefficient (Wildman–Crippen LogP) is 2.24. The van der Waals surface area contributed by atoms with Crippen LogP contribution < -0.4 is 15.8 Å². The third-order valence-electron chi connectivity index (χ3n) is 3.17. The fraction of sp³-hybridized carbons (Fsp3) is 0.462. The summed E-state index contributed by atoms with van der Waals surface area (Å²) in [5.41, 5.74) is 6.12. The third kappa shape index (κ3) is 4.00. The highest BCUT2D eigenvalue weighted by molar-refractivity contribution is 6.31. The first-order valence-electron chi connectivity index (χ1n) is 6.00. The fourth-order valence-corrected chi connectivity index (χ4v) is 2.14. The third-order valence-corrected chi connectivity index (χ3v) is 3.40. The van der Waals surface area contributed by atoms with Crippen molar-refractivity contribution in [2.45, 2.75) is 18.9 Å². The standard InChI is InChI=1S/C13H17ClN2O2.ClH/c1-18-12-5-4-9(14)6-10(12)13(17)16-11(7-15)8-2-3-8;/h4-6,8,11H,2-3,7,15H2,1H3,(H,16,17);1H. The normalized spacial score (nSPS) is 15.3. The summed E-state index contributed by atoms with van der Waals surface area (Å²) >= 11 is 5.90. The molecule has 1 aliphatic rings. The molecule has 0 heterocycles. The first kappa shape index (κ1) is 16.1. The largest absolute Gasteiger partial charge is 0.496 e. The number of carbonyl (C=O) groups excluding carboxylic acids is 1. The number of amides is 1. The minimum absolute atomic E-state index is 0. The smallest absolute Gasteiger partial charge is 0.255 e. The van der Waals surface area contributed by atoms with Crippen LogP contribution >= 0.6 is 24.0 Å². The minimum atomic E-state index is -0.184. The van der Waals surface area contributed by atoms with E-state index in [4.69, 9.17) is 22.1 Å². The SMILES string of the molecule is COc1ccc(Cl)cc1C(=O)NC(CN)C1CC1.Cl. The van der Waals surface area contributed by atoms with Crippen molar-refractivity contribution < 1.29 is 9.53 Å². The molecule has 0 bridgehead atoms. The summed E-state index contributed by atoms with van der Waals surface area (Å²) in [6.45, 7) is 0.458. The van der Waals surface area contributed by atoms with Gasteiger partial charge < -0.3 is 15.8 Å². The molecule has 0 radical (unpaired) electrons. The molecule has 106 valence electrons. The number of nitrogens with two attached hydrogens (primary N) is 1. The molecule has 2 rings (SSSR count). The van der Waals surface area contributed by atoms with Gasteiger partial charge in [0, 0.05) is 17.6 Å². The Morgan fingerprint density at radius 1 is 1.58 bits per heavy atom. The Hall–Kier alpha value is -0.970. The molecule has 0 saturated heterocycles. The van der Waals surface area contributed by atoms with Gasteiger partial charge in [0.25, 0.3) is 5.91 Å². The highest BCUT2D eigenvalue weighted by Crippen LogP contribution is 2.32. The molecule has 0 aromatic heterocycles. The number of halogens is 2. The lowest BCUT2D eigenvalue weighted by Gasteiger charge is -2.17. The van der Waals surface area contributed by atoms with Gasteiger partial charge in [0.05, 0.1) is 12.7 Å². The zero-order chi connectivity index (χ0) is 13.1. The summed E-state index contributed by atoms with van der Waals surface area (Å²) in [6, 6.07) is 5.03. The topological polar surface area (TPSA) is 64.3 Å². The van der Waals surface area contributed by atoms with E-state index in [1.54, 1.807) is 18.2 Å². The number of carbonyl (C=O) groups is 1. The molecule has 1 aromatic rings. The van der Waals surface area contributed by atoms with Crippen LogP contribution in [0.3, 0.4) is 0 Å². The maximum Gasteiger partial charge on any atom is 0.255 e. The second-order valence-electron chi connectivity index (χ2n) is 4.50. The van der Waals surface area contributed by atoms with E-state index in [0.717, 1.165) is 12.8 Å². The summed E-state index contributed by atoms with van der Waals surface area (Å²) in [7, 11) is 1.53. The second-order valence-corrected chi connectivity index (χ2v) is 4.93. The van der Waals surface area contributed by atoms with Crippen molar-refractivity contribution in [3.8, 4) is 5.75 Å². The van der Waals surface area contributed by atoms with E-state index in [-0.39, 0.29) is 24.4 Å². The molecular formula is C13H18Cl2N2O2. The fourth-order valence-electron chi connectivity index (χ4n) is 1.97. The average Bonchev–Trinajstić information content (AvgIpc) is 3.19. The number of hydrogen-bond acceptors (Lipinski definition) is 3. The van der Waals surface area contributed by atoms with Gasteiger partial charge in [-0.05, 0) is 37.0 Å². The van der Waals surface area contributed by atoms with Crippen molar-refractivity contribution in [1.82, 2.24) is 5.32 Å². The van der Waals surface area contributed by atoms with E-state index >= 15 is 0 Å². The van der Waals surface area contributed by atoms with Crippen LogP contribution in [0.2, 0.25) is 5.02 Å². The lowest BCUT2D eigenvalue weighted by molar-refractivity contribution is 0.0930. The average molecular weight is 305 g/mol. The first-order chi connectivity index (χ1) is 8.65. The van der Waals surface area contributed by atoms with E-state index in [1.165, 1.54) is 7.11 Å². The van der Waals surface area contributed by atoms with E-state index in [2.05, 4.69) is 5.32 Å². The number of benzene rings is 1. The van der Waals surface area contributed by atoms with Crippen LogP contribution in [0, 0.1) is 5.92 Å². The Morgan fingerprint density at radius 3 is 2.79 bits per heavy atom. The van der Waals surface area contributed by atoms with Gasteiger partial charge in [-0.1, -0.05) is 11.6 Å². The van der Waals surface area contributed by atoms with Crippen LogP contribution in [-0.2, 0) is 0 Å². The van der Waals surface area contributed by atoms with Crippen LogP contribution in [0.15, 0.2) is 18.2 Å². The van der Waals surface area contributed by atoms with E-state index in [9.17, 15) is 4.79 Å². The van der Waals surface area contributed by atoms with Crippen molar-refractivity contribution >= 4 is 29.9 Å². The summed E-state index contributed by atoms with van der Waals surface area (Å²) in [4.78, 5) is 12.2. The zero-order valence-electron chi connectivity index (χ0n) is 10.7. The number of nitrogens with one attached hydrogen (secondary N) is 1. The van der Waals surface area contributed by atoms with Crippen molar-refractivity contribution in [1.29, 1.82) is 0 Å². The molecule has 1 aromatic carbocycles. The summed E-state index contributed by atoms with van der Waals surface area (Å²) in [6.07, 6.45) is 2.27. The summed E-state index contributed by atoms with van der Waals surface area (Å²) in [5.74, 6) is 0.851. The predicted molar refractivity (Wildman–Crippen MR) is 78.3 cm³/mol. The zero-order valence-corrected chi connectivity index (χ0v) is 12.3. The molecule has 1 atom stereocenters. The van der Waals surface area contributed by atoms with Crippen LogP contribution in [0.25, 0.3) is 0 Å². The lowest BCUT2D eigenvalue weighted by Crippen LogP contribution is -2.41. The van der Waals surface area contributed by atoms with Crippen molar-refractivity contribution in [3.63, 3.8) is 0 Å². The van der Waals surface area contributed by atoms with Gasteiger partial charge in [-0.2, -0.15) is 0 Å². The van der Waals surface area contributed by atoms with E-state index in [1.807, 2.05) is 0 Å². The summed E-state index contributed by atoms with van der Waals surface area (Å²) < 4.78 is 5.16. The van der Waals surface area contributed by atoms with Gasteiger partial charge in [-0.25, -0.2) is 0 Å². The highest BCUT2D eigenvalue weighted by Gasteiger charge is 2.31. The first-order valence-corrected chi connectivity index (χ1v) is 6.38. The van der Waals surface area contributed by atoms with E-state index in [0.29, 0.717) is 28.8 Å². The van der Waals surface area contributed by atoms with Gasteiger partial charge in [0.1, 0.15) is 5.75 Å². The number of methoxy groups -OCH3 is 1. The molecule has 1 saturated carbocycles. The lowest BCUT2D eigenvalue weighted by atomic mass is 10.1. The molecule has 6 heteroatoms. The van der Waals surface area contributed by atoms with Gasteiger partial charge >= 0.3 is 0 Å². The van der Waals surface area contributed by atoms with Crippen LogP contribution in [0.4, 0.5) is 0 Å². The molecule has 1 aliphatic carbocycles. The van der Waals surface area contributed by atoms with Crippen molar-refractivity contribution in [2.24, 2.45) is 11.7 Å². The summed E-state index contributed by atoms with van der Waals surface area (Å²) in [5, 5.41) is 3.46. The number of ether oxygens (including phenoxy) is 1. The van der Waals surface area contributed by atoms with Crippen LogP contribution in [0.5, 0.6) is 5.75 Å². The quantitative estimate of drug-likeness (QED) is 0.877. The maximum atomic E-state index is 12.2. The van der Waals surface area contributed by atoms with Crippen LogP contribution in [0.1, 0.15) is 23.2 Å². The van der Waals surface area contributed by atoms with Crippen molar-refractivity contribution in [2.75, 3.05) is 13.7 Å². The Bertz CT molecular complexity index is 450. The van der Waals surface area contributed by atoms with Gasteiger partial charge in [-0.15, -0.1) is 12.4 Å². The molecular weight excluding hydrogens is 287 g/mol. The maximum absolute atomic E-state index is 12.2. The Labute approximate surface area is 124 Å². The molecule has 3 N–H and O–H groups in total. The molecule has 4 nitrogen and oxygen atoms in total. The Kier molecular flexibility index (Phi) is 5.91. The molecule has 1 fully saturated rings. The van der Waals surface area contributed by atoms with Gasteiger partial charge in [-0.3, -0.25) is 4.79 Å². The Balaban J connectivity index is 0.00000180.